The Hall–Kier alpha value is -2.21. The van der Waals surface area contributed by atoms with Crippen LogP contribution in [0.5, 0.6) is 5.75 Å². The summed E-state index contributed by atoms with van der Waals surface area (Å²) in [6, 6.07) is 13.5. The summed E-state index contributed by atoms with van der Waals surface area (Å²) in [5.74, 6) is -0.938. The Labute approximate surface area is 136 Å². The minimum Gasteiger partial charge on any atom is -0.481 e. The Balaban J connectivity index is 1.90. The van der Waals surface area contributed by atoms with Crippen LogP contribution in [0.25, 0.3) is 0 Å². The molecule has 0 fully saturated rings. The van der Waals surface area contributed by atoms with Gasteiger partial charge in [-0.05, 0) is 36.8 Å². The third-order valence-electron chi connectivity index (χ3n) is 2.79. The second-order valence-corrected chi connectivity index (χ2v) is 5.38. The molecule has 0 radical (unpaired) electrons. The van der Waals surface area contributed by atoms with Crippen LogP contribution in [0.4, 0.5) is 4.39 Å². The van der Waals surface area contributed by atoms with E-state index in [9.17, 15) is 9.18 Å². The fraction of sp³-hybridized carbons (Fsp3) is 0.125. The molecule has 0 spiro atoms. The van der Waals surface area contributed by atoms with Crippen molar-refractivity contribution >= 4 is 27.5 Å². The van der Waals surface area contributed by atoms with E-state index in [-0.39, 0.29) is 12.4 Å². The number of hydrogen-bond acceptors (Lipinski definition) is 3. The highest BCUT2D eigenvalue weighted by Crippen LogP contribution is 2.15. The van der Waals surface area contributed by atoms with Crippen LogP contribution in [0.1, 0.15) is 12.5 Å². The van der Waals surface area contributed by atoms with E-state index in [1.54, 1.807) is 19.1 Å². The van der Waals surface area contributed by atoms with E-state index in [4.69, 9.17) is 4.74 Å². The third-order valence-corrected chi connectivity index (χ3v) is 3.28. The van der Waals surface area contributed by atoms with Crippen LogP contribution < -0.4 is 10.2 Å². The van der Waals surface area contributed by atoms with Crippen molar-refractivity contribution in [2.24, 2.45) is 5.10 Å². The van der Waals surface area contributed by atoms with Crippen molar-refractivity contribution in [3.8, 4) is 5.75 Å². The number of nitrogens with one attached hydrogen (secondary N) is 1. The van der Waals surface area contributed by atoms with Gasteiger partial charge in [-0.3, -0.25) is 4.79 Å². The molecule has 2 aromatic carbocycles. The van der Waals surface area contributed by atoms with Crippen molar-refractivity contribution in [1.29, 1.82) is 0 Å². The van der Waals surface area contributed by atoms with Gasteiger partial charge in [-0.1, -0.05) is 40.2 Å². The van der Waals surface area contributed by atoms with Crippen molar-refractivity contribution in [3.63, 3.8) is 0 Å². The lowest BCUT2D eigenvalue weighted by Gasteiger charge is -2.06. The summed E-state index contributed by atoms with van der Waals surface area (Å²) in [6.45, 7) is 1.47. The van der Waals surface area contributed by atoms with Gasteiger partial charge in [0.05, 0.1) is 5.71 Å². The highest BCUT2D eigenvalue weighted by Gasteiger charge is 2.06. The molecule has 2 aromatic rings. The van der Waals surface area contributed by atoms with Gasteiger partial charge >= 0.3 is 0 Å². The topological polar surface area (TPSA) is 50.7 Å². The van der Waals surface area contributed by atoms with Gasteiger partial charge < -0.3 is 4.74 Å². The smallest absolute Gasteiger partial charge is 0.277 e. The number of amides is 1. The number of carbonyl (C=O) groups is 1. The molecule has 0 aliphatic heterocycles. The first-order valence-corrected chi connectivity index (χ1v) is 7.32. The summed E-state index contributed by atoms with van der Waals surface area (Å²) in [5.41, 5.74) is 3.91. The van der Waals surface area contributed by atoms with E-state index in [2.05, 4.69) is 26.5 Å². The molecule has 0 saturated heterocycles. The van der Waals surface area contributed by atoms with Crippen molar-refractivity contribution in [2.45, 2.75) is 6.92 Å². The summed E-state index contributed by atoms with van der Waals surface area (Å²) < 4.78 is 19.3. The number of carbonyl (C=O) groups excluding carboxylic acids is 1. The van der Waals surface area contributed by atoms with Gasteiger partial charge in [0, 0.05) is 4.47 Å². The highest BCUT2D eigenvalue weighted by atomic mass is 79.9. The van der Waals surface area contributed by atoms with Crippen LogP contribution >= 0.6 is 15.9 Å². The maximum absolute atomic E-state index is 13.3. The third kappa shape index (κ3) is 4.66. The fourth-order valence-corrected chi connectivity index (χ4v) is 2.06. The second-order valence-electron chi connectivity index (χ2n) is 4.46. The number of benzene rings is 2. The first kappa shape index (κ1) is 16.2. The summed E-state index contributed by atoms with van der Waals surface area (Å²) in [5, 5.41) is 3.99. The number of nitrogens with zero attached hydrogens (tertiary/aromatic N) is 1. The Bertz CT molecular complexity index is 704. The molecule has 4 nitrogen and oxygen atoms in total. The normalized spacial score (nSPS) is 11.1. The molecule has 0 bridgehead atoms. The standard InChI is InChI=1S/C16H14BrFN2O2/c1-11(12-5-4-6-13(17)9-12)19-20-16(21)10-22-15-8-3-2-7-14(15)18/h2-9H,10H2,1H3,(H,20,21)/b19-11-. The lowest BCUT2D eigenvalue weighted by molar-refractivity contribution is -0.123. The van der Waals surface area contributed by atoms with E-state index >= 15 is 0 Å². The Morgan fingerprint density at radius 1 is 1.27 bits per heavy atom. The molecule has 0 unspecified atom stereocenters. The number of halogens is 2. The van der Waals surface area contributed by atoms with Gasteiger partial charge in [0.15, 0.2) is 18.2 Å². The fourth-order valence-electron chi connectivity index (χ4n) is 1.66. The van der Waals surface area contributed by atoms with Crippen LogP contribution in [0.2, 0.25) is 0 Å². The number of rotatable bonds is 5. The minimum atomic E-state index is -0.510. The number of para-hydroxylation sites is 1. The van der Waals surface area contributed by atoms with Crippen LogP contribution in [-0.4, -0.2) is 18.2 Å². The molecule has 0 atom stereocenters. The van der Waals surface area contributed by atoms with Crippen molar-refractivity contribution in [1.82, 2.24) is 5.43 Å². The monoisotopic (exact) mass is 364 g/mol. The number of hydrogen-bond donors (Lipinski definition) is 1. The quantitative estimate of drug-likeness (QED) is 0.651. The molecule has 0 aromatic heterocycles. The van der Waals surface area contributed by atoms with Gasteiger partial charge in [0.1, 0.15) is 0 Å². The zero-order valence-corrected chi connectivity index (χ0v) is 13.4. The number of hydrazone groups is 1. The van der Waals surface area contributed by atoms with Crippen molar-refractivity contribution in [2.75, 3.05) is 6.61 Å². The van der Waals surface area contributed by atoms with E-state index < -0.39 is 11.7 Å². The Kier molecular flexibility index (Phi) is 5.66. The van der Waals surface area contributed by atoms with E-state index in [1.165, 1.54) is 12.1 Å². The Morgan fingerprint density at radius 2 is 2.05 bits per heavy atom. The van der Waals surface area contributed by atoms with Crippen LogP contribution in [0.15, 0.2) is 58.1 Å². The van der Waals surface area contributed by atoms with Gasteiger partial charge in [0.25, 0.3) is 5.91 Å². The first-order valence-electron chi connectivity index (χ1n) is 6.52. The SMILES string of the molecule is C/C(=N/NC(=O)COc1ccccc1F)c1cccc(Br)c1. The predicted octanol–water partition coefficient (Wildman–Crippen LogP) is 3.51. The molecule has 0 heterocycles. The van der Waals surface area contributed by atoms with Crippen molar-refractivity contribution < 1.29 is 13.9 Å². The Morgan fingerprint density at radius 3 is 2.77 bits per heavy atom. The average Bonchev–Trinajstić information content (AvgIpc) is 2.52. The van der Waals surface area contributed by atoms with E-state index in [0.29, 0.717) is 5.71 Å². The summed E-state index contributed by atoms with van der Waals surface area (Å²) >= 11 is 3.37. The molecule has 1 N–H and O–H groups in total. The molecule has 6 heteroatoms. The maximum Gasteiger partial charge on any atom is 0.277 e. The molecule has 1 amide bonds. The van der Waals surface area contributed by atoms with Crippen molar-refractivity contribution in [3.05, 3.63) is 64.4 Å². The second kappa shape index (κ2) is 7.70. The van der Waals surface area contributed by atoms with Crippen LogP contribution in [-0.2, 0) is 4.79 Å². The minimum absolute atomic E-state index is 0.0327. The molecule has 0 aliphatic carbocycles. The van der Waals surface area contributed by atoms with Crippen LogP contribution in [0, 0.1) is 5.82 Å². The molecular formula is C16H14BrFN2O2. The highest BCUT2D eigenvalue weighted by molar-refractivity contribution is 9.10. The average molecular weight is 365 g/mol. The van der Waals surface area contributed by atoms with Gasteiger partial charge in [-0.2, -0.15) is 5.10 Å². The molecule has 0 aliphatic rings. The molecule has 22 heavy (non-hydrogen) atoms. The van der Waals surface area contributed by atoms with Crippen LogP contribution in [0.3, 0.4) is 0 Å². The summed E-state index contributed by atoms with van der Waals surface area (Å²) in [4.78, 5) is 11.7. The molecule has 2 rings (SSSR count). The van der Waals surface area contributed by atoms with E-state index in [0.717, 1.165) is 10.0 Å². The summed E-state index contributed by atoms with van der Waals surface area (Å²) in [7, 11) is 0. The lowest BCUT2D eigenvalue weighted by Crippen LogP contribution is -2.25. The molecule has 0 saturated carbocycles. The van der Waals surface area contributed by atoms with Gasteiger partial charge in [-0.15, -0.1) is 0 Å². The largest absolute Gasteiger partial charge is 0.481 e. The van der Waals surface area contributed by atoms with Gasteiger partial charge in [0.2, 0.25) is 0 Å². The maximum atomic E-state index is 13.3. The lowest BCUT2D eigenvalue weighted by atomic mass is 10.1. The first-order chi connectivity index (χ1) is 10.6. The summed E-state index contributed by atoms with van der Waals surface area (Å²) in [6.07, 6.45) is 0. The number of ether oxygens (including phenoxy) is 1. The van der Waals surface area contributed by atoms with E-state index in [1.807, 2.05) is 24.3 Å². The zero-order chi connectivity index (χ0) is 15.9. The van der Waals surface area contributed by atoms with Gasteiger partial charge in [-0.25, -0.2) is 9.82 Å². The zero-order valence-electron chi connectivity index (χ0n) is 11.8. The molecule has 114 valence electrons. The molecular weight excluding hydrogens is 351 g/mol. The predicted molar refractivity (Wildman–Crippen MR) is 86.4 cm³/mol.